The Bertz CT molecular complexity index is 704. The average molecular weight is 573 g/mol. The van der Waals surface area contributed by atoms with E-state index in [1.54, 1.807) is 0 Å². The van der Waals surface area contributed by atoms with Gasteiger partial charge in [-0.3, -0.25) is 9.59 Å². The summed E-state index contributed by atoms with van der Waals surface area (Å²) in [6.07, 6.45) is 43.8. The van der Waals surface area contributed by atoms with Gasteiger partial charge in [0.2, 0.25) is 0 Å². The molecule has 0 saturated heterocycles. The fourth-order valence-electron chi connectivity index (χ4n) is 4.73. The Morgan fingerprint density at radius 2 is 0.976 bits per heavy atom. The minimum Gasteiger partial charge on any atom is -0.481 e. The molecule has 0 fully saturated rings. The molecule has 1 N–H and O–H groups in total. The van der Waals surface area contributed by atoms with Gasteiger partial charge in [-0.25, -0.2) is 0 Å². The van der Waals surface area contributed by atoms with Crippen LogP contribution in [-0.4, -0.2) is 23.1 Å². The normalized spacial score (nSPS) is 12.8. The highest BCUT2D eigenvalue weighted by Crippen LogP contribution is 2.14. The number of carbonyl (C=O) groups excluding carboxylic acids is 1. The van der Waals surface area contributed by atoms with E-state index in [9.17, 15) is 9.59 Å². The predicted molar refractivity (Wildman–Crippen MR) is 176 cm³/mol. The lowest BCUT2D eigenvalue weighted by Gasteiger charge is -2.13. The van der Waals surface area contributed by atoms with Gasteiger partial charge in [0.05, 0.1) is 6.10 Å². The zero-order chi connectivity index (χ0) is 30.1. The summed E-state index contributed by atoms with van der Waals surface area (Å²) in [5, 5.41) is 8.63. The zero-order valence-electron chi connectivity index (χ0n) is 26.8. The first-order valence-electron chi connectivity index (χ1n) is 17.1. The number of esters is 1. The summed E-state index contributed by atoms with van der Waals surface area (Å²) < 4.78 is 5.59. The van der Waals surface area contributed by atoms with Gasteiger partial charge < -0.3 is 9.84 Å². The summed E-state index contributed by atoms with van der Waals surface area (Å²) in [5.41, 5.74) is 0. The van der Waals surface area contributed by atoms with Crippen molar-refractivity contribution in [2.24, 2.45) is 0 Å². The van der Waals surface area contributed by atoms with Gasteiger partial charge >= 0.3 is 11.9 Å². The molecule has 0 aliphatic rings. The van der Waals surface area contributed by atoms with E-state index in [1.165, 1.54) is 64.2 Å². The van der Waals surface area contributed by atoms with Crippen LogP contribution in [0.3, 0.4) is 0 Å². The monoisotopic (exact) mass is 572 g/mol. The SMILES string of the molecule is CCCCC/C=C\C/C=C\C/C=C\C/C=C\CCCCCC(=O)OC(C)CCCCCCCCCCCCC(=O)O. The van der Waals surface area contributed by atoms with Crippen molar-refractivity contribution in [3.8, 4) is 0 Å². The van der Waals surface area contributed by atoms with Crippen LogP contribution in [-0.2, 0) is 14.3 Å². The second kappa shape index (κ2) is 32.4. The van der Waals surface area contributed by atoms with Gasteiger partial charge in [-0.1, -0.05) is 126 Å². The molecule has 41 heavy (non-hydrogen) atoms. The highest BCUT2D eigenvalue weighted by Gasteiger charge is 2.09. The van der Waals surface area contributed by atoms with Crippen molar-refractivity contribution < 1.29 is 19.4 Å². The molecule has 0 aromatic rings. The van der Waals surface area contributed by atoms with Crippen LogP contribution in [0.25, 0.3) is 0 Å². The highest BCUT2D eigenvalue weighted by molar-refractivity contribution is 5.69. The molecule has 0 aliphatic carbocycles. The molecule has 0 amide bonds. The molecule has 0 aliphatic heterocycles. The molecule has 0 bridgehead atoms. The third-order valence-electron chi connectivity index (χ3n) is 7.29. The lowest BCUT2D eigenvalue weighted by molar-refractivity contribution is -0.148. The van der Waals surface area contributed by atoms with E-state index in [4.69, 9.17) is 9.84 Å². The number of carboxylic acids is 1. The van der Waals surface area contributed by atoms with E-state index in [0.717, 1.165) is 77.0 Å². The standard InChI is InChI=1S/C37H64O4/c1-3-4-5-6-7-8-9-10-11-12-13-14-15-16-17-22-25-28-31-34-37(40)41-35(2)32-29-26-23-20-18-19-21-24-27-30-33-36(38)39/h7-8,10-11,13-14,16-17,35H,3-6,9,12,15,18-34H2,1-2H3,(H,38,39)/b8-7-,11-10-,14-13-,17-16-. The Hall–Kier alpha value is -2.10. The van der Waals surface area contributed by atoms with Gasteiger partial charge in [-0.2, -0.15) is 0 Å². The molecule has 0 saturated carbocycles. The van der Waals surface area contributed by atoms with Crippen molar-refractivity contribution in [2.45, 2.75) is 174 Å². The Kier molecular flexibility index (Phi) is 30.8. The van der Waals surface area contributed by atoms with Crippen LogP contribution in [0.2, 0.25) is 0 Å². The minimum absolute atomic E-state index is 0.0249. The zero-order valence-corrected chi connectivity index (χ0v) is 26.8. The number of ether oxygens (including phenoxy) is 1. The third kappa shape index (κ3) is 34.0. The van der Waals surface area contributed by atoms with Crippen molar-refractivity contribution in [1.29, 1.82) is 0 Å². The number of unbranched alkanes of at least 4 members (excludes halogenated alkanes) is 15. The molecule has 1 unspecified atom stereocenters. The molecular formula is C37H64O4. The van der Waals surface area contributed by atoms with E-state index >= 15 is 0 Å². The molecule has 4 heteroatoms. The van der Waals surface area contributed by atoms with E-state index in [2.05, 4.69) is 55.5 Å². The van der Waals surface area contributed by atoms with Crippen LogP contribution >= 0.6 is 0 Å². The Morgan fingerprint density at radius 3 is 1.49 bits per heavy atom. The number of carbonyl (C=O) groups is 2. The third-order valence-corrected chi connectivity index (χ3v) is 7.29. The lowest BCUT2D eigenvalue weighted by Crippen LogP contribution is -2.14. The first-order chi connectivity index (χ1) is 20.1. The molecule has 0 spiro atoms. The molecule has 236 valence electrons. The van der Waals surface area contributed by atoms with E-state index in [1.807, 2.05) is 6.92 Å². The number of carboxylic acid groups (broad SMARTS) is 1. The molecule has 0 aromatic carbocycles. The molecular weight excluding hydrogens is 508 g/mol. The van der Waals surface area contributed by atoms with Gasteiger partial charge in [0.15, 0.2) is 0 Å². The first kappa shape index (κ1) is 38.9. The molecule has 0 heterocycles. The van der Waals surface area contributed by atoms with Crippen molar-refractivity contribution in [3.63, 3.8) is 0 Å². The maximum absolute atomic E-state index is 12.1. The van der Waals surface area contributed by atoms with E-state index in [0.29, 0.717) is 12.8 Å². The average Bonchev–Trinajstić information content (AvgIpc) is 2.94. The Balaban J connectivity index is 3.46. The van der Waals surface area contributed by atoms with Crippen molar-refractivity contribution >= 4 is 11.9 Å². The van der Waals surface area contributed by atoms with Gasteiger partial charge in [0.25, 0.3) is 0 Å². The van der Waals surface area contributed by atoms with Crippen molar-refractivity contribution in [2.75, 3.05) is 0 Å². The van der Waals surface area contributed by atoms with Gasteiger partial charge in [-0.15, -0.1) is 0 Å². The number of aliphatic carboxylic acids is 1. The lowest BCUT2D eigenvalue weighted by atomic mass is 10.0. The molecule has 4 nitrogen and oxygen atoms in total. The summed E-state index contributed by atoms with van der Waals surface area (Å²) in [6.45, 7) is 4.26. The Morgan fingerprint density at radius 1 is 0.561 bits per heavy atom. The van der Waals surface area contributed by atoms with Crippen LogP contribution in [0.5, 0.6) is 0 Å². The molecule has 0 aromatic heterocycles. The number of rotatable bonds is 30. The van der Waals surface area contributed by atoms with Crippen molar-refractivity contribution in [1.82, 2.24) is 0 Å². The minimum atomic E-state index is -0.682. The summed E-state index contributed by atoms with van der Waals surface area (Å²) in [4.78, 5) is 22.6. The highest BCUT2D eigenvalue weighted by atomic mass is 16.5. The van der Waals surface area contributed by atoms with Crippen LogP contribution in [0.15, 0.2) is 48.6 Å². The number of allylic oxidation sites excluding steroid dienone is 8. The maximum Gasteiger partial charge on any atom is 0.306 e. The van der Waals surface area contributed by atoms with Crippen LogP contribution in [0, 0.1) is 0 Å². The molecule has 1 atom stereocenters. The summed E-state index contributed by atoms with van der Waals surface area (Å²) >= 11 is 0. The smallest absolute Gasteiger partial charge is 0.306 e. The summed E-state index contributed by atoms with van der Waals surface area (Å²) in [6, 6.07) is 0. The van der Waals surface area contributed by atoms with Gasteiger partial charge in [-0.05, 0) is 77.6 Å². The quantitative estimate of drug-likeness (QED) is 0.0528. The predicted octanol–water partition coefficient (Wildman–Crippen LogP) is 11.6. The van der Waals surface area contributed by atoms with Crippen molar-refractivity contribution in [3.05, 3.63) is 48.6 Å². The number of hydrogen-bond acceptors (Lipinski definition) is 3. The molecule has 0 radical (unpaired) electrons. The van der Waals surface area contributed by atoms with Gasteiger partial charge in [0.1, 0.15) is 0 Å². The second-order valence-electron chi connectivity index (χ2n) is 11.5. The maximum atomic E-state index is 12.1. The largest absolute Gasteiger partial charge is 0.481 e. The first-order valence-corrected chi connectivity index (χ1v) is 17.1. The Labute approximate surface area is 253 Å². The number of hydrogen-bond donors (Lipinski definition) is 1. The topological polar surface area (TPSA) is 63.6 Å². The van der Waals surface area contributed by atoms with Crippen LogP contribution in [0.4, 0.5) is 0 Å². The van der Waals surface area contributed by atoms with E-state index < -0.39 is 5.97 Å². The van der Waals surface area contributed by atoms with Gasteiger partial charge in [0, 0.05) is 12.8 Å². The summed E-state index contributed by atoms with van der Waals surface area (Å²) in [7, 11) is 0. The van der Waals surface area contributed by atoms with E-state index in [-0.39, 0.29) is 12.1 Å². The van der Waals surface area contributed by atoms with Crippen LogP contribution < -0.4 is 0 Å². The fraction of sp³-hybridized carbons (Fsp3) is 0.730. The second-order valence-corrected chi connectivity index (χ2v) is 11.5. The van der Waals surface area contributed by atoms with Crippen LogP contribution in [0.1, 0.15) is 168 Å². The fourth-order valence-corrected chi connectivity index (χ4v) is 4.73. The molecule has 0 rings (SSSR count). The summed E-state index contributed by atoms with van der Waals surface area (Å²) in [5.74, 6) is -0.725.